The lowest BCUT2D eigenvalue weighted by Crippen LogP contribution is -2.09. The van der Waals surface area contributed by atoms with Crippen LogP contribution in [0.5, 0.6) is 0 Å². The fourth-order valence-electron chi connectivity index (χ4n) is 0.204. The highest BCUT2D eigenvalue weighted by Gasteiger charge is 1.87. The predicted octanol–water partition coefficient (Wildman–Crippen LogP) is 1.72. The molecule has 0 unspecified atom stereocenters. The topological polar surface area (TPSA) is 12.0 Å². The van der Waals surface area contributed by atoms with Crippen molar-refractivity contribution < 1.29 is 0 Å². The van der Waals surface area contributed by atoms with Crippen LogP contribution in [0.15, 0.2) is 0 Å². The van der Waals surface area contributed by atoms with Crippen LogP contribution in [0.3, 0.4) is 0 Å². The maximum atomic E-state index is 3.90. The number of hydrogen-bond acceptors (Lipinski definition) is 3. The third kappa shape index (κ3) is 6.66. The van der Waals surface area contributed by atoms with Crippen LogP contribution >= 0.6 is 22.6 Å². The molecule has 44 valence electrons. The van der Waals surface area contributed by atoms with Gasteiger partial charge in [-0.1, -0.05) is 25.5 Å². The van der Waals surface area contributed by atoms with Crippen LogP contribution in [-0.4, -0.2) is 6.54 Å². The third-order valence-electron chi connectivity index (χ3n) is 0.556. The van der Waals surface area contributed by atoms with Crippen molar-refractivity contribution >= 4 is 22.6 Å². The van der Waals surface area contributed by atoms with Crippen molar-refractivity contribution in [3.8, 4) is 0 Å². The lowest BCUT2D eigenvalue weighted by atomic mass is 10.2. The fraction of sp³-hybridized carbons (Fsp3) is 1.00. The van der Waals surface area contributed by atoms with E-state index < -0.39 is 0 Å². The summed E-state index contributed by atoms with van der Waals surface area (Å²) in [5.74, 6) is 0.722. The first-order chi connectivity index (χ1) is 3.27. The molecule has 0 heterocycles. The summed E-state index contributed by atoms with van der Waals surface area (Å²) in [6.45, 7) is 5.36. The van der Waals surface area contributed by atoms with Gasteiger partial charge < -0.3 is 0 Å². The summed E-state index contributed by atoms with van der Waals surface area (Å²) >= 11 is 3.90. The zero-order valence-corrected chi connectivity index (χ0v) is 6.35. The Hall–Kier alpha value is 0.660. The van der Waals surface area contributed by atoms with Gasteiger partial charge in [-0.25, -0.2) is 0 Å². The number of thiol groups is 1. The molecule has 0 aromatic rings. The smallest absolute Gasteiger partial charge is 0.00894 e. The average molecular weight is 137 g/mol. The molecule has 0 aliphatic rings. The Balaban J connectivity index is 2.68. The van der Waals surface area contributed by atoms with Gasteiger partial charge in [0.05, 0.1) is 0 Å². The molecule has 0 bridgehead atoms. The van der Waals surface area contributed by atoms with Gasteiger partial charge in [-0.3, -0.25) is 4.72 Å². The van der Waals surface area contributed by atoms with E-state index in [-0.39, 0.29) is 0 Å². The monoisotopic (exact) mass is 137 g/mol. The second kappa shape index (κ2) is 4.81. The van der Waals surface area contributed by atoms with Crippen molar-refractivity contribution in [2.45, 2.75) is 13.8 Å². The van der Waals surface area contributed by atoms with Gasteiger partial charge in [0.1, 0.15) is 0 Å². The first-order valence-electron chi connectivity index (χ1n) is 2.30. The molecule has 0 fully saturated rings. The van der Waals surface area contributed by atoms with E-state index in [0.29, 0.717) is 0 Å². The Morgan fingerprint density at radius 2 is 2.29 bits per heavy atom. The van der Waals surface area contributed by atoms with E-state index in [2.05, 4.69) is 30.2 Å². The number of hydrogen-bond donors (Lipinski definition) is 2. The third-order valence-corrected chi connectivity index (χ3v) is 1.24. The summed E-state index contributed by atoms with van der Waals surface area (Å²) in [5, 5.41) is 0. The Bertz CT molecular complexity index is 38.7. The van der Waals surface area contributed by atoms with Gasteiger partial charge in [0, 0.05) is 6.54 Å². The van der Waals surface area contributed by atoms with Crippen LogP contribution in [0.2, 0.25) is 0 Å². The van der Waals surface area contributed by atoms with E-state index in [1.54, 1.807) is 0 Å². The normalized spacial score (nSPS) is 10.3. The lowest BCUT2D eigenvalue weighted by molar-refractivity contribution is 0.641. The van der Waals surface area contributed by atoms with Gasteiger partial charge in [0.15, 0.2) is 0 Å². The summed E-state index contributed by atoms with van der Waals surface area (Å²) < 4.78 is 3.03. The Morgan fingerprint density at radius 3 is 2.43 bits per heavy atom. The van der Waals surface area contributed by atoms with Crippen LogP contribution in [0.25, 0.3) is 0 Å². The highest BCUT2D eigenvalue weighted by molar-refractivity contribution is 8.67. The van der Waals surface area contributed by atoms with E-state index >= 15 is 0 Å². The highest BCUT2D eigenvalue weighted by atomic mass is 33.1. The van der Waals surface area contributed by atoms with Crippen molar-refractivity contribution in [2.24, 2.45) is 5.92 Å². The van der Waals surface area contributed by atoms with E-state index in [9.17, 15) is 0 Å². The van der Waals surface area contributed by atoms with E-state index in [4.69, 9.17) is 0 Å². The summed E-state index contributed by atoms with van der Waals surface area (Å²) in [4.78, 5) is 0. The lowest BCUT2D eigenvalue weighted by Gasteiger charge is -2.00. The predicted molar refractivity (Wildman–Crippen MR) is 39.4 cm³/mol. The molecule has 0 aliphatic heterocycles. The molecule has 0 radical (unpaired) electrons. The van der Waals surface area contributed by atoms with E-state index in [1.165, 1.54) is 11.0 Å². The highest BCUT2D eigenvalue weighted by Crippen LogP contribution is 1.98. The molecule has 0 atom stereocenters. The van der Waals surface area contributed by atoms with Gasteiger partial charge >= 0.3 is 0 Å². The molecule has 0 amide bonds. The molecular formula is C4H11NS2. The zero-order valence-electron chi connectivity index (χ0n) is 4.64. The number of nitrogens with one attached hydrogen (secondary N) is 1. The van der Waals surface area contributed by atoms with Gasteiger partial charge in [-0.05, 0) is 16.9 Å². The molecule has 0 saturated carbocycles. The van der Waals surface area contributed by atoms with Crippen LogP contribution in [0, 0.1) is 5.92 Å². The molecule has 0 aromatic heterocycles. The SMILES string of the molecule is CC(C)CNSS. The zero-order chi connectivity index (χ0) is 5.70. The first kappa shape index (κ1) is 7.66. The second-order valence-corrected chi connectivity index (χ2v) is 2.85. The molecule has 1 N–H and O–H groups in total. The summed E-state index contributed by atoms with van der Waals surface area (Å²) in [5.41, 5.74) is 0. The summed E-state index contributed by atoms with van der Waals surface area (Å²) in [6.07, 6.45) is 0. The van der Waals surface area contributed by atoms with Crippen LogP contribution in [-0.2, 0) is 0 Å². The fourth-order valence-corrected chi connectivity index (χ4v) is 0.835. The Labute approximate surface area is 54.2 Å². The molecule has 0 aromatic carbocycles. The molecule has 3 heteroatoms. The summed E-state index contributed by atoms with van der Waals surface area (Å²) in [6, 6.07) is 0. The minimum atomic E-state index is 0.722. The molecule has 0 spiro atoms. The van der Waals surface area contributed by atoms with E-state index in [0.717, 1.165) is 12.5 Å². The minimum absolute atomic E-state index is 0.722. The van der Waals surface area contributed by atoms with Crippen LogP contribution < -0.4 is 4.72 Å². The first-order valence-corrected chi connectivity index (χ1v) is 4.17. The Morgan fingerprint density at radius 1 is 1.71 bits per heavy atom. The molecule has 0 rings (SSSR count). The maximum Gasteiger partial charge on any atom is 0.00894 e. The van der Waals surface area contributed by atoms with Crippen molar-refractivity contribution in [2.75, 3.05) is 6.54 Å². The minimum Gasteiger partial charge on any atom is -0.255 e. The van der Waals surface area contributed by atoms with Crippen molar-refractivity contribution in [1.29, 1.82) is 0 Å². The largest absolute Gasteiger partial charge is 0.255 e. The van der Waals surface area contributed by atoms with Crippen molar-refractivity contribution in [3.05, 3.63) is 0 Å². The molecule has 0 aliphatic carbocycles. The van der Waals surface area contributed by atoms with Gasteiger partial charge in [-0.2, -0.15) is 0 Å². The van der Waals surface area contributed by atoms with Gasteiger partial charge in [-0.15, -0.1) is 0 Å². The standard InChI is InChI=1S/C4H11NS2/c1-4(2)3-5-7-6/h4-6H,3H2,1-2H3. The maximum absolute atomic E-state index is 3.90. The van der Waals surface area contributed by atoms with Crippen molar-refractivity contribution in [1.82, 2.24) is 4.72 Å². The Kier molecular flexibility index (Phi) is 5.26. The van der Waals surface area contributed by atoms with Gasteiger partial charge in [0.2, 0.25) is 0 Å². The molecule has 7 heavy (non-hydrogen) atoms. The average Bonchev–Trinajstić information content (AvgIpc) is 1.61. The van der Waals surface area contributed by atoms with Gasteiger partial charge in [0.25, 0.3) is 0 Å². The molecular weight excluding hydrogens is 126 g/mol. The molecule has 1 nitrogen and oxygen atoms in total. The van der Waals surface area contributed by atoms with E-state index in [1.807, 2.05) is 0 Å². The van der Waals surface area contributed by atoms with Crippen LogP contribution in [0.1, 0.15) is 13.8 Å². The van der Waals surface area contributed by atoms with Crippen LogP contribution in [0.4, 0.5) is 0 Å². The summed E-state index contributed by atoms with van der Waals surface area (Å²) in [7, 11) is 1.37. The quantitative estimate of drug-likeness (QED) is 0.349. The second-order valence-electron chi connectivity index (χ2n) is 1.83. The number of rotatable bonds is 3. The molecule has 0 saturated heterocycles. The van der Waals surface area contributed by atoms with Crippen molar-refractivity contribution in [3.63, 3.8) is 0 Å².